The van der Waals surface area contributed by atoms with E-state index < -0.39 is 11.8 Å². The number of hydrogen-bond acceptors (Lipinski definition) is 6. The van der Waals surface area contributed by atoms with E-state index in [4.69, 9.17) is 9.47 Å². The molecule has 3 aromatic rings. The first kappa shape index (κ1) is 25.9. The molecule has 0 saturated carbocycles. The number of carbonyl (C=O) groups is 3. The molecule has 0 heterocycles. The highest BCUT2D eigenvalue weighted by Crippen LogP contribution is 2.29. The number of rotatable bonds is 9. The Bertz CT molecular complexity index is 1260. The third kappa shape index (κ3) is 7.66. The molecule has 3 amide bonds. The Balaban J connectivity index is 1.56. The topological polar surface area (TPSA) is 118 Å². The fraction of sp³-hybridized carbons (Fsp3) is 0.154. The van der Waals surface area contributed by atoms with Gasteiger partial charge in [-0.25, -0.2) is 9.82 Å². The lowest BCUT2D eigenvalue weighted by molar-refractivity contribution is -0.136. The van der Waals surface area contributed by atoms with Gasteiger partial charge in [-0.1, -0.05) is 18.2 Å². The molecule has 0 bridgehead atoms. The summed E-state index contributed by atoms with van der Waals surface area (Å²) in [4.78, 5) is 35.2. The van der Waals surface area contributed by atoms with E-state index in [-0.39, 0.29) is 18.3 Å². The summed E-state index contributed by atoms with van der Waals surface area (Å²) in [5.74, 6) is -1.61. The smallest absolute Gasteiger partial charge is 0.329 e. The van der Waals surface area contributed by atoms with Crippen molar-refractivity contribution in [3.05, 3.63) is 83.7 Å². The minimum atomic E-state index is -0.966. The third-order valence-electron chi connectivity index (χ3n) is 4.66. The van der Waals surface area contributed by atoms with Crippen LogP contribution in [-0.4, -0.2) is 30.5 Å². The molecule has 0 aliphatic rings. The largest absolute Gasteiger partial charge is 0.490 e. The number of anilines is 2. The fourth-order valence-corrected chi connectivity index (χ4v) is 3.01. The first-order chi connectivity index (χ1) is 17.4. The molecule has 0 aliphatic carbocycles. The average molecular weight is 493 g/mol. The van der Waals surface area contributed by atoms with Crippen LogP contribution < -0.4 is 25.5 Å². The number of benzene rings is 3. The van der Waals surface area contributed by atoms with E-state index in [9.17, 15) is 18.8 Å². The molecule has 0 radical (unpaired) electrons. The molecule has 186 valence electrons. The highest BCUT2D eigenvalue weighted by atomic mass is 19.1. The van der Waals surface area contributed by atoms with Gasteiger partial charge in [0.25, 0.3) is 0 Å². The lowest BCUT2D eigenvalue weighted by Gasteiger charge is -2.13. The van der Waals surface area contributed by atoms with E-state index in [0.29, 0.717) is 40.6 Å². The number of hydrazone groups is 1. The molecule has 0 unspecified atom stereocenters. The van der Waals surface area contributed by atoms with E-state index in [1.54, 1.807) is 60.7 Å². The van der Waals surface area contributed by atoms with Gasteiger partial charge in [-0.15, -0.1) is 0 Å². The zero-order chi connectivity index (χ0) is 25.9. The van der Waals surface area contributed by atoms with Crippen molar-refractivity contribution < 1.29 is 28.2 Å². The SMILES string of the molecule is CCOc1cc(/C=N/NC(=O)C(=O)Nc2ccc(NC(C)=O)cc2)ccc1OCc1ccccc1F. The summed E-state index contributed by atoms with van der Waals surface area (Å²) < 4.78 is 25.2. The Morgan fingerprint density at radius 2 is 1.58 bits per heavy atom. The summed E-state index contributed by atoms with van der Waals surface area (Å²) in [5, 5.41) is 8.84. The highest BCUT2D eigenvalue weighted by Gasteiger charge is 2.13. The second-order valence-corrected chi connectivity index (χ2v) is 7.43. The third-order valence-corrected chi connectivity index (χ3v) is 4.66. The summed E-state index contributed by atoms with van der Waals surface area (Å²) in [7, 11) is 0. The highest BCUT2D eigenvalue weighted by molar-refractivity contribution is 6.39. The molecule has 3 rings (SSSR count). The first-order valence-electron chi connectivity index (χ1n) is 11.0. The Labute approximate surface area is 207 Å². The molecule has 36 heavy (non-hydrogen) atoms. The second kappa shape index (κ2) is 12.7. The van der Waals surface area contributed by atoms with Crippen LogP contribution in [-0.2, 0) is 21.0 Å². The van der Waals surface area contributed by atoms with Gasteiger partial charge in [0.05, 0.1) is 12.8 Å². The van der Waals surface area contributed by atoms with Crippen molar-refractivity contribution in [2.45, 2.75) is 20.5 Å². The van der Waals surface area contributed by atoms with Gasteiger partial charge in [-0.2, -0.15) is 5.10 Å². The molecule has 0 spiro atoms. The molecule has 0 aliphatic heterocycles. The molecule has 0 fully saturated rings. The first-order valence-corrected chi connectivity index (χ1v) is 11.0. The zero-order valence-corrected chi connectivity index (χ0v) is 19.7. The van der Waals surface area contributed by atoms with Crippen LogP contribution in [0.4, 0.5) is 15.8 Å². The maximum Gasteiger partial charge on any atom is 0.329 e. The summed E-state index contributed by atoms with van der Waals surface area (Å²) in [6, 6.07) is 17.6. The van der Waals surface area contributed by atoms with Gasteiger partial charge < -0.3 is 20.1 Å². The Morgan fingerprint density at radius 1 is 0.889 bits per heavy atom. The summed E-state index contributed by atoms with van der Waals surface area (Å²) in [6.45, 7) is 3.60. The van der Waals surface area contributed by atoms with Gasteiger partial charge in [0.2, 0.25) is 5.91 Å². The lowest BCUT2D eigenvalue weighted by atomic mass is 10.2. The van der Waals surface area contributed by atoms with E-state index in [1.807, 2.05) is 6.92 Å². The van der Waals surface area contributed by atoms with Crippen LogP contribution >= 0.6 is 0 Å². The van der Waals surface area contributed by atoms with Crippen LogP contribution in [0.15, 0.2) is 71.8 Å². The van der Waals surface area contributed by atoms with E-state index in [2.05, 4.69) is 21.2 Å². The number of hydrogen-bond donors (Lipinski definition) is 3. The maximum atomic E-state index is 13.8. The number of nitrogens with one attached hydrogen (secondary N) is 3. The lowest BCUT2D eigenvalue weighted by Crippen LogP contribution is -2.32. The van der Waals surface area contributed by atoms with Gasteiger partial charge in [0.15, 0.2) is 11.5 Å². The van der Waals surface area contributed by atoms with E-state index in [0.717, 1.165) is 0 Å². The van der Waals surface area contributed by atoms with E-state index in [1.165, 1.54) is 19.2 Å². The molecular weight excluding hydrogens is 467 g/mol. The number of ether oxygens (including phenoxy) is 2. The molecule has 0 aromatic heterocycles. The fourth-order valence-electron chi connectivity index (χ4n) is 3.01. The van der Waals surface area contributed by atoms with Crippen LogP contribution in [0.3, 0.4) is 0 Å². The molecule has 3 aromatic carbocycles. The Kier molecular flexibility index (Phi) is 9.10. The summed E-state index contributed by atoms with van der Waals surface area (Å²) in [5.41, 5.74) is 4.08. The standard InChI is InChI=1S/C26H25FN4O5/c1-3-35-24-14-18(8-13-23(24)36-16-19-6-4-5-7-22(19)27)15-28-31-26(34)25(33)30-21-11-9-20(10-12-21)29-17(2)32/h4-15H,3,16H2,1-2H3,(H,29,32)(H,30,33)(H,31,34)/b28-15+. The van der Waals surface area contributed by atoms with Gasteiger partial charge in [0, 0.05) is 23.9 Å². The van der Waals surface area contributed by atoms with Gasteiger partial charge >= 0.3 is 11.8 Å². The van der Waals surface area contributed by atoms with Crippen molar-refractivity contribution in [2.75, 3.05) is 17.2 Å². The Morgan fingerprint density at radius 3 is 2.25 bits per heavy atom. The van der Waals surface area contributed by atoms with E-state index >= 15 is 0 Å². The van der Waals surface area contributed by atoms with Gasteiger partial charge in [-0.3, -0.25) is 14.4 Å². The number of nitrogens with zero attached hydrogens (tertiary/aromatic N) is 1. The molecule has 3 N–H and O–H groups in total. The van der Waals surface area contributed by atoms with Crippen molar-refractivity contribution >= 4 is 35.3 Å². The molecule has 0 saturated heterocycles. The number of carbonyl (C=O) groups excluding carboxylic acids is 3. The summed E-state index contributed by atoms with van der Waals surface area (Å²) >= 11 is 0. The quantitative estimate of drug-likeness (QED) is 0.238. The summed E-state index contributed by atoms with van der Waals surface area (Å²) in [6.07, 6.45) is 1.34. The average Bonchev–Trinajstić information content (AvgIpc) is 2.85. The molecule has 0 atom stereocenters. The van der Waals surface area contributed by atoms with Crippen molar-refractivity contribution in [1.82, 2.24) is 5.43 Å². The second-order valence-electron chi connectivity index (χ2n) is 7.43. The minimum Gasteiger partial charge on any atom is -0.490 e. The van der Waals surface area contributed by atoms with Gasteiger partial charge in [-0.05, 0) is 61.0 Å². The predicted molar refractivity (Wildman–Crippen MR) is 133 cm³/mol. The van der Waals surface area contributed by atoms with Crippen LogP contribution in [0.2, 0.25) is 0 Å². The normalized spacial score (nSPS) is 10.5. The van der Waals surface area contributed by atoms with Crippen LogP contribution in [0.1, 0.15) is 25.0 Å². The van der Waals surface area contributed by atoms with Crippen LogP contribution in [0, 0.1) is 5.82 Å². The van der Waals surface area contributed by atoms with Crippen molar-refractivity contribution in [2.24, 2.45) is 5.10 Å². The minimum absolute atomic E-state index is 0.0291. The van der Waals surface area contributed by atoms with Gasteiger partial charge in [0.1, 0.15) is 12.4 Å². The molecular formula is C26H25FN4O5. The zero-order valence-electron chi connectivity index (χ0n) is 19.7. The predicted octanol–water partition coefficient (Wildman–Crippen LogP) is 3.85. The van der Waals surface area contributed by atoms with Crippen molar-refractivity contribution in [3.8, 4) is 11.5 Å². The van der Waals surface area contributed by atoms with Crippen LogP contribution in [0.25, 0.3) is 0 Å². The number of amides is 3. The number of halogens is 1. The molecule has 9 nitrogen and oxygen atoms in total. The van der Waals surface area contributed by atoms with Crippen molar-refractivity contribution in [1.29, 1.82) is 0 Å². The molecule has 10 heteroatoms. The van der Waals surface area contributed by atoms with Crippen LogP contribution in [0.5, 0.6) is 11.5 Å². The van der Waals surface area contributed by atoms with Crippen molar-refractivity contribution in [3.63, 3.8) is 0 Å². The Hall–Kier alpha value is -4.73. The maximum absolute atomic E-state index is 13.8. The monoisotopic (exact) mass is 492 g/mol.